The Balaban J connectivity index is 2.04. The summed E-state index contributed by atoms with van der Waals surface area (Å²) in [5, 5.41) is 5.96. The molecule has 0 radical (unpaired) electrons. The molecule has 2 rings (SSSR count). The number of nitrogens with zero attached hydrogens (tertiary/aromatic N) is 1. The minimum atomic E-state index is -0.534. The number of anilines is 2. The number of carbonyl (C=O) groups excluding carboxylic acids is 1. The summed E-state index contributed by atoms with van der Waals surface area (Å²) < 4.78 is 0. The third-order valence-corrected chi connectivity index (χ3v) is 2.87. The van der Waals surface area contributed by atoms with Gasteiger partial charge in [0.05, 0.1) is 0 Å². The highest BCUT2D eigenvalue weighted by molar-refractivity contribution is 5.87. The van der Waals surface area contributed by atoms with Crippen molar-refractivity contribution in [2.75, 3.05) is 29.9 Å². The van der Waals surface area contributed by atoms with Crippen LogP contribution in [-0.4, -0.2) is 31.7 Å². The number of carbonyl (C=O) groups is 1. The molecule has 1 aliphatic heterocycles. The van der Waals surface area contributed by atoms with Gasteiger partial charge in [0.2, 0.25) is 0 Å². The topological polar surface area (TPSA) is 70.4 Å². The van der Waals surface area contributed by atoms with Gasteiger partial charge in [-0.3, -0.25) is 0 Å². The fourth-order valence-electron chi connectivity index (χ4n) is 2.06. The summed E-state index contributed by atoms with van der Waals surface area (Å²) in [5.74, 6) is 0. The Hall–Kier alpha value is -1.75. The number of hydrogen-bond acceptors (Lipinski definition) is 3. The molecule has 0 unspecified atom stereocenters. The summed E-state index contributed by atoms with van der Waals surface area (Å²) in [6.07, 6.45) is 0. The molecular formula is C12H18N4O. The van der Waals surface area contributed by atoms with Crippen molar-refractivity contribution in [2.24, 2.45) is 5.73 Å². The van der Waals surface area contributed by atoms with Crippen LogP contribution in [0.15, 0.2) is 24.3 Å². The van der Waals surface area contributed by atoms with Gasteiger partial charge in [-0.15, -0.1) is 0 Å². The first kappa shape index (κ1) is 11.7. The third kappa shape index (κ3) is 3.10. The van der Waals surface area contributed by atoms with Crippen molar-refractivity contribution in [2.45, 2.75) is 13.0 Å². The monoisotopic (exact) mass is 234 g/mol. The molecule has 1 fully saturated rings. The molecule has 1 aromatic rings. The van der Waals surface area contributed by atoms with E-state index in [1.54, 1.807) is 0 Å². The first-order valence-electron chi connectivity index (χ1n) is 5.80. The highest BCUT2D eigenvalue weighted by Gasteiger charge is 2.15. The predicted molar refractivity (Wildman–Crippen MR) is 69.3 cm³/mol. The average Bonchev–Trinajstić information content (AvgIpc) is 2.29. The minimum absolute atomic E-state index is 0.507. The molecule has 5 heteroatoms. The van der Waals surface area contributed by atoms with Crippen LogP contribution in [0.4, 0.5) is 16.2 Å². The zero-order valence-corrected chi connectivity index (χ0v) is 9.94. The molecule has 0 aliphatic carbocycles. The van der Waals surface area contributed by atoms with Crippen LogP contribution in [0.1, 0.15) is 6.92 Å². The molecule has 1 aromatic carbocycles. The lowest BCUT2D eigenvalue weighted by Gasteiger charge is -2.33. The van der Waals surface area contributed by atoms with E-state index >= 15 is 0 Å². The molecule has 5 nitrogen and oxygen atoms in total. The van der Waals surface area contributed by atoms with Crippen LogP contribution in [0.5, 0.6) is 0 Å². The summed E-state index contributed by atoms with van der Waals surface area (Å²) in [6, 6.07) is 7.72. The molecule has 17 heavy (non-hydrogen) atoms. The molecule has 0 aromatic heterocycles. The number of primary amides is 1. The van der Waals surface area contributed by atoms with Gasteiger partial charge in [-0.1, -0.05) is 0 Å². The molecule has 1 aliphatic rings. The maximum absolute atomic E-state index is 10.7. The lowest BCUT2D eigenvalue weighted by atomic mass is 10.2. The molecule has 0 spiro atoms. The first-order valence-corrected chi connectivity index (χ1v) is 5.80. The Morgan fingerprint density at radius 3 is 2.76 bits per heavy atom. The van der Waals surface area contributed by atoms with E-state index in [1.165, 1.54) is 5.69 Å². The molecule has 1 heterocycles. The zero-order valence-electron chi connectivity index (χ0n) is 9.94. The number of rotatable bonds is 2. The Morgan fingerprint density at radius 2 is 2.18 bits per heavy atom. The number of hydrogen-bond donors (Lipinski definition) is 3. The Bertz CT molecular complexity index is 390. The smallest absolute Gasteiger partial charge is 0.316 e. The quantitative estimate of drug-likeness (QED) is 0.714. The van der Waals surface area contributed by atoms with E-state index in [1.807, 2.05) is 24.3 Å². The van der Waals surface area contributed by atoms with Crippen molar-refractivity contribution in [3.05, 3.63) is 24.3 Å². The fourth-order valence-corrected chi connectivity index (χ4v) is 2.06. The van der Waals surface area contributed by atoms with Crippen LogP contribution in [0.25, 0.3) is 0 Å². The van der Waals surface area contributed by atoms with Gasteiger partial charge in [0.25, 0.3) is 0 Å². The van der Waals surface area contributed by atoms with Gasteiger partial charge in [0.15, 0.2) is 0 Å². The largest absolute Gasteiger partial charge is 0.369 e. The van der Waals surface area contributed by atoms with Crippen molar-refractivity contribution in [3.63, 3.8) is 0 Å². The van der Waals surface area contributed by atoms with Crippen LogP contribution in [0.3, 0.4) is 0 Å². The second-order valence-electron chi connectivity index (χ2n) is 4.34. The van der Waals surface area contributed by atoms with Crippen LogP contribution in [0.2, 0.25) is 0 Å². The van der Waals surface area contributed by atoms with Crippen LogP contribution < -0.4 is 21.3 Å². The molecule has 1 saturated heterocycles. The molecule has 0 saturated carbocycles. The Kier molecular flexibility index (Phi) is 3.49. The van der Waals surface area contributed by atoms with E-state index in [-0.39, 0.29) is 0 Å². The molecule has 4 N–H and O–H groups in total. The van der Waals surface area contributed by atoms with E-state index < -0.39 is 6.03 Å². The number of amides is 2. The molecule has 92 valence electrons. The molecule has 1 atom stereocenters. The normalized spacial score (nSPS) is 20.1. The second kappa shape index (κ2) is 5.05. The van der Waals surface area contributed by atoms with Crippen molar-refractivity contribution >= 4 is 17.4 Å². The van der Waals surface area contributed by atoms with E-state index in [0.29, 0.717) is 6.04 Å². The van der Waals surface area contributed by atoms with Crippen LogP contribution in [0, 0.1) is 0 Å². The lowest BCUT2D eigenvalue weighted by molar-refractivity contribution is 0.259. The van der Waals surface area contributed by atoms with E-state index in [9.17, 15) is 4.79 Å². The SMILES string of the molecule is C[C@H]1CN(c2ccc(NC(N)=O)cc2)CCN1. The predicted octanol–water partition coefficient (Wildman–Crippen LogP) is 0.975. The van der Waals surface area contributed by atoms with Gasteiger partial charge in [-0.2, -0.15) is 0 Å². The first-order chi connectivity index (χ1) is 8.15. The van der Waals surface area contributed by atoms with Crippen molar-refractivity contribution in [3.8, 4) is 0 Å². The van der Waals surface area contributed by atoms with Crippen LogP contribution >= 0.6 is 0 Å². The summed E-state index contributed by atoms with van der Waals surface area (Å²) >= 11 is 0. The van der Waals surface area contributed by atoms with Gasteiger partial charge in [-0.05, 0) is 31.2 Å². The number of urea groups is 1. The summed E-state index contributed by atoms with van der Waals surface area (Å²) in [4.78, 5) is 13.0. The minimum Gasteiger partial charge on any atom is -0.369 e. The van der Waals surface area contributed by atoms with Crippen LogP contribution in [-0.2, 0) is 0 Å². The van der Waals surface area contributed by atoms with Gasteiger partial charge < -0.3 is 21.3 Å². The van der Waals surface area contributed by atoms with E-state index in [4.69, 9.17) is 5.73 Å². The van der Waals surface area contributed by atoms with Crippen molar-refractivity contribution < 1.29 is 4.79 Å². The van der Waals surface area contributed by atoms with Crippen molar-refractivity contribution in [1.29, 1.82) is 0 Å². The Labute approximate surface area is 101 Å². The standard InChI is InChI=1S/C12H18N4O/c1-9-8-16(7-6-14-9)11-4-2-10(3-5-11)15-12(13)17/h2-5,9,14H,6-8H2,1H3,(H3,13,15,17)/t9-/m0/s1. The number of piperazine rings is 1. The van der Waals surface area contributed by atoms with Gasteiger partial charge >= 0.3 is 6.03 Å². The highest BCUT2D eigenvalue weighted by Crippen LogP contribution is 2.19. The lowest BCUT2D eigenvalue weighted by Crippen LogP contribution is -2.49. The molecule has 0 bridgehead atoms. The fraction of sp³-hybridized carbons (Fsp3) is 0.417. The summed E-state index contributed by atoms with van der Waals surface area (Å²) in [7, 11) is 0. The average molecular weight is 234 g/mol. The molecule has 2 amide bonds. The van der Waals surface area contributed by atoms with Crippen molar-refractivity contribution in [1.82, 2.24) is 5.32 Å². The Morgan fingerprint density at radius 1 is 1.47 bits per heavy atom. The summed E-state index contributed by atoms with van der Waals surface area (Å²) in [6.45, 7) is 5.19. The third-order valence-electron chi connectivity index (χ3n) is 2.87. The molecular weight excluding hydrogens is 216 g/mol. The van der Waals surface area contributed by atoms with E-state index in [2.05, 4.69) is 22.5 Å². The maximum Gasteiger partial charge on any atom is 0.316 e. The number of nitrogens with one attached hydrogen (secondary N) is 2. The zero-order chi connectivity index (χ0) is 12.3. The number of benzene rings is 1. The van der Waals surface area contributed by atoms with Gasteiger partial charge in [0.1, 0.15) is 0 Å². The second-order valence-corrected chi connectivity index (χ2v) is 4.34. The highest BCUT2D eigenvalue weighted by atomic mass is 16.2. The van der Waals surface area contributed by atoms with Gasteiger partial charge in [0, 0.05) is 37.1 Å². The number of nitrogens with two attached hydrogens (primary N) is 1. The maximum atomic E-state index is 10.7. The van der Waals surface area contributed by atoms with E-state index in [0.717, 1.165) is 25.3 Å². The van der Waals surface area contributed by atoms with Gasteiger partial charge in [-0.25, -0.2) is 4.79 Å². The summed E-state index contributed by atoms with van der Waals surface area (Å²) in [5.41, 5.74) is 6.96.